The van der Waals surface area contributed by atoms with E-state index >= 15 is 0 Å². The first-order valence-corrected chi connectivity index (χ1v) is 11.0. The van der Waals surface area contributed by atoms with Crippen molar-refractivity contribution in [1.29, 1.82) is 0 Å². The van der Waals surface area contributed by atoms with Gasteiger partial charge in [-0.05, 0) is 55.5 Å². The predicted molar refractivity (Wildman–Crippen MR) is 114 cm³/mol. The zero-order chi connectivity index (χ0) is 21.1. The Bertz CT molecular complexity index is 938. The molecule has 1 N–H and O–H groups in total. The standard InChI is InChI=1S/C22H23N3O4S/c26-21(14-30-20-11-9-19(10-12-20)25(28)29)24(18-7-8-18)13-15-1-3-16(4-2-15)22(27)23-17-5-6-17/h1-4,9-12,17-18H,5-8,13-14H2,(H,23,27). The number of amides is 2. The van der Waals surface area contributed by atoms with E-state index in [1.807, 2.05) is 29.2 Å². The summed E-state index contributed by atoms with van der Waals surface area (Å²) in [7, 11) is 0. The van der Waals surface area contributed by atoms with E-state index in [9.17, 15) is 19.7 Å². The minimum atomic E-state index is -0.435. The second kappa shape index (κ2) is 8.87. The van der Waals surface area contributed by atoms with Crippen LogP contribution in [-0.2, 0) is 11.3 Å². The zero-order valence-corrected chi connectivity index (χ0v) is 17.3. The molecule has 0 aromatic heterocycles. The summed E-state index contributed by atoms with van der Waals surface area (Å²) >= 11 is 1.38. The SMILES string of the molecule is O=C(NC1CC1)c1ccc(CN(C(=O)CSc2ccc([N+](=O)[O-])cc2)C2CC2)cc1. The van der Waals surface area contributed by atoms with Gasteiger partial charge >= 0.3 is 0 Å². The number of nitro groups is 1. The van der Waals surface area contributed by atoms with E-state index in [1.54, 1.807) is 12.1 Å². The van der Waals surface area contributed by atoms with Crippen molar-refractivity contribution in [3.63, 3.8) is 0 Å². The number of thioether (sulfide) groups is 1. The number of hydrogen-bond acceptors (Lipinski definition) is 5. The Kier molecular flexibility index (Phi) is 6.03. The molecule has 30 heavy (non-hydrogen) atoms. The first kappa shape index (κ1) is 20.4. The third-order valence-electron chi connectivity index (χ3n) is 5.20. The first-order chi connectivity index (χ1) is 14.5. The molecule has 4 rings (SSSR count). The van der Waals surface area contributed by atoms with Crippen molar-refractivity contribution in [2.45, 2.75) is 49.2 Å². The number of nitro benzene ring substituents is 1. The molecule has 2 aliphatic carbocycles. The highest BCUT2D eigenvalue weighted by Crippen LogP contribution is 2.30. The van der Waals surface area contributed by atoms with Crippen LogP contribution < -0.4 is 5.32 Å². The molecule has 156 valence electrons. The smallest absolute Gasteiger partial charge is 0.269 e. The maximum Gasteiger partial charge on any atom is 0.269 e. The largest absolute Gasteiger partial charge is 0.349 e. The van der Waals surface area contributed by atoms with Crippen LogP contribution in [0.1, 0.15) is 41.6 Å². The van der Waals surface area contributed by atoms with E-state index in [1.165, 1.54) is 23.9 Å². The van der Waals surface area contributed by atoms with Crippen molar-refractivity contribution in [3.8, 4) is 0 Å². The summed E-state index contributed by atoms with van der Waals surface area (Å²) in [5.41, 5.74) is 1.68. The molecule has 0 unspecified atom stereocenters. The minimum absolute atomic E-state index is 0.0412. The average Bonchev–Trinajstić information content (AvgIpc) is 3.66. The number of nitrogens with one attached hydrogen (secondary N) is 1. The summed E-state index contributed by atoms with van der Waals surface area (Å²) in [5.74, 6) is 0.297. The number of non-ortho nitro benzene ring substituents is 1. The number of carbonyl (C=O) groups excluding carboxylic acids is 2. The molecule has 0 bridgehead atoms. The van der Waals surface area contributed by atoms with Gasteiger partial charge in [-0.25, -0.2) is 0 Å². The lowest BCUT2D eigenvalue weighted by Gasteiger charge is -2.22. The first-order valence-electron chi connectivity index (χ1n) is 10.1. The highest BCUT2D eigenvalue weighted by Gasteiger charge is 2.32. The Balaban J connectivity index is 1.33. The molecule has 0 heterocycles. The molecule has 0 spiro atoms. The van der Waals surface area contributed by atoms with Crippen LogP contribution in [0.3, 0.4) is 0 Å². The molecule has 2 aliphatic rings. The van der Waals surface area contributed by atoms with Gasteiger partial charge in [0.2, 0.25) is 5.91 Å². The van der Waals surface area contributed by atoms with Gasteiger partial charge in [-0.2, -0.15) is 0 Å². The van der Waals surface area contributed by atoms with Gasteiger partial charge in [0, 0.05) is 41.2 Å². The molecule has 0 atom stereocenters. The zero-order valence-electron chi connectivity index (χ0n) is 16.5. The van der Waals surface area contributed by atoms with Crippen molar-refractivity contribution in [2.24, 2.45) is 0 Å². The molecule has 0 radical (unpaired) electrons. The van der Waals surface area contributed by atoms with E-state index in [0.717, 1.165) is 36.1 Å². The van der Waals surface area contributed by atoms with Crippen LogP contribution in [0.2, 0.25) is 0 Å². The maximum absolute atomic E-state index is 12.8. The number of carbonyl (C=O) groups is 2. The van der Waals surface area contributed by atoms with Gasteiger partial charge < -0.3 is 10.2 Å². The number of rotatable bonds is 9. The topological polar surface area (TPSA) is 92.6 Å². The molecule has 2 aromatic carbocycles. The summed E-state index contributed by atoms with van der Waals surface area (Å²) in [6.07, 6.45) is 4.13. The Morgan fingerprint density at radius 1 is 1.03 bits per heavy atom. The van der Waals surface area contributed by atoms with E-state index in [-0.39, 0.29) is 29.3 Å². The number of benzene rings is 2. The summed E-state index contributed by atoms with van der Waals surface area (Å²) in [6, 6.07) is 14.3. The second-order valence-corrected chi connectivity index (χ2v) is 8.79. The molecule has 2 saturated carbocycles. The van der Waals surface area contributed by atoms with Gasteiger partial charge in [0.15, 0.2) is 0 Å². The third kappa shape index (κ3) is 5.38. The Hall–Kier alpha value is -2.87. The van der Waals surface area contributed by atoms with Crippen LogP contribution in [0.4, 0.5) is 5.69 Å². The normalized spacial score (nSPS) is 15.5. The molecule has 7 nitrogen and oxygen atoms in total. The van der Waals surface area contributed by atoms with E-state index in [2.05, 4.69) is 5.32 Å². The Morgan fingerprint density at radius 3 is 2.27 bits per heavy atom. The van der Waals surface area contributed by atoms with Gasteiger partial charge in [-0.15, -0.1) is 11.8 Å². The highest BCUT2D eigenvalue weighted by molar-refractivity contribution is 8.00. The summed E-state index contributed by atoms with van der Waals surface area (Å²) in [4.78, 5) is 38.0. The second-order valence-electron chi connectivity index (χ2n) is 7.74. The number of nitrogens with zero attached hydrogens (tertiary/aromatic N) is 2. The average molecular weight is 426 g/mol. The fraction of sp³-hybridized carbons (Fsp3) is 0.364. The van der Waals surface area contributed by atoms with Crippen molar-refractivity contribution in [1.82, 2.24) is 10.2 Å². The maximum atomic E-state index is 12.8. The van der Waals surface area contributed by atoms with Crippen LogP contribution in [0.15, 0.2) is 53.4 Å². The van der Waals surface area contributed by atoms with Gasteiger partial charge in [-0.3, -0.25) is 19.7 Å². The lowest BCUT2D eigenvalue weighted by atomic mass is 10.1. The van der Waals surface area contributed by atoms with Gasteiger partial charge in [0.25, 0.3) is 11.6 Å². The quantitative estimate of drug-likeness (QED) is 0.375. The molecular formula is C22H23N3O4S. The van der Waals surface area contributed by atoms with Crippen LogP contribution in [0.5, 0.6) is 0 Å². The molecular weight excluding hydrogens is 402 g/mol. The summed E-state index contributed by atoms with van der Waals surface area (Å²) in [6.45, 7) is 0.523. The number of hydrogen-bond donors (Lipinski definition) is 1. The Labute approximate surface area is 179 Å². The van der Waals surface area contributed by atoms with Crippen LogP contribution in [-0.4, -0.2) is 39.5 Å². The lowest BCUT2D eigenvalue weighted by molar-refractivity contribution is -0.384. The van der Waals surface area contributed by atoms with Gasteiger partial charge in [0.05, 0.1) is 10.7 Å². The van der Waals surface area contributed by atoms with Crippen molar-refractivity contribution in [3.05, 3.63) is 69.8 Å². The molecule has 0 aliphatic heterocycles. The van der Waals surface area contributed by atoms with E-state index < -0.39 is 4.92 Å². The van der Waals surface area contributed by atoms with Gasteiger partial charge in [-0.1, -0.05) is 12.1 Å². The fourth-order valence-electron chi connectivity index (χ4n) is 3.15. The predicted octanol–water partition coefficient (Wildman–Crippen LogP) is 3.77. The highest BCUT2D eigenvalue weighted by atomic mass is 32.2. The van der Waals surface area contributed by atoms with Crippen molar-refractivity contribution >= 4 is 29.3 Å². The minimum Gasteiger partial charge on any atom is -0.349 e. The Morgan fingerprint density at radius 2 is 1.70 bits per heavy atom. The van der Waals surface area contributed by atoms with Crippen LogP contribution in [0.25, 0.3) is 0 Å². The van der Waals surface area contributed by atoms with Crippen molar-refractivity contribution < 1.29 is 14.5 Å². The van der Waals surface area contributed by atoms with Crippen LogP contribution in [0, 0.1) is 10.1 Å². The molecule has 2 fully saturated rings. The molecule has 2 amide bonds. The van der Waals surface area contributed by atoms with Gasteiger partial charge in [0.1, 0.15) is 0 Å². The monoisotopic (exact) mass is 425 g/mol. The lowest BCUT2D eigenvalue weighted by Crippen LogP contribution is -2.34. The summed E-state index contributed by atoms with van der Waals surface area (Å²) in [5, 5.41) is 13.7. The third-order valence-corrected chi connectivity index (χ3v) is 6.20. The molecule has 8 heteroatoms. The van der Waals surface area contributed by atoms with Crippen LogP contribution >= 0.6 is 11.8 Å². The van der Waals surface area contributed by atoms with Crippen molar-refractivity contribution in [2.75, 3.05) is 5.75 Å². The molecule has 2 aromatic rings. The fourth-order valence-corrected chi connectivity index (χ4v) is 3.94. The summed E-state index contributed by atoms with van der Waals surface area (Å²) < 4.78 is 0. The van der Waals surface area contributed by atoms with E-state index in [4.69, 9.17) is 0 Å². The van der Waals surface area contributed by atoms with E-state index in [0.29, 0.717) is 18.2 Å². The molecule has 0 saturated heterocycles.